The minimum Gasteiger partial charge on any atom is -0.359 e. The van der Waals surface area contributed by atoms with E-state index in [-0.39, 0.29) is 11.9 Å². The number of amides is 1. The van der Waals surface area contributed by atoms with E-state index in [2.05, 4.69) is 9.88 Å². The summed E-state index contributed by atoms with van der Waals surface area (Å²) >= 11 is 0. The van der Waals surface area contributed by atoms with E-state index in [1.807, 2.05) is 24.2 Å². The van der Waals surface area contributed by atoms with Crippen LogP contribution in [0.3, 0.4) is 0 Å². The molecule has 1 aromatic heterocycles. The molecule has 0 saturated carbocycles. The van der Waals surface area contributed by atoms with Gasteiger partial charge in [-0.15, -0.1) is 0 Å². The third kappa shape index (κ3) is 1.29. The van der Waals surface area contributed by atoms with Gasteiger partial charge in [0.2, 0.25) is 5.91 Å². The third-order valence-corrected chi connectivity index (χ3v) is 3.58. The van der Waals surface area contributed by atoms with E-state index >= 15 is 0 Å². The van der Waals surface area contributed by atoms with Crippen molar-refractivity contribution in [2.75, 3.05) is 25.0 Å². The average molecular weight is 217 g/mol. The standard InChI is InChI=1S/C12H15N3O/c1-14-6-4-11(12(14)16)15-7-3-9-8-13-5-2-10(9)15/h2,5,8,11H,3-4,6-7H2,1H3. The van der Waals surface area contributed by atoms with Crippen molar-refractivity contribution < 1.29 is 4.79 Å². The van der Waals surface area contributed by atoms with E-state index in [0.29, 0.717) is 0 Å². The largest absolute Gasteiger partial charge is 0.359 e. The Morgan fingerprint density at radius 2 is 2.31 bits per heavy atom. The van der Waals surface area contributed by atoms with Crippen molar-refractivity contribution in [2.45, 2.75) is 18.9 Å². The smallest absolute Gasteiger partial charge is 0.245 e. The molecule has 1 aromatic rings. The van der Waals surface area contributed by atoms with E-state index < -0.39 is 0 Å². The van der Waals surface area contributed by atoms with Gasteiger partial charge in [-0.2, -0.15) is 0 Å². The number of carbonyl (C=O) groups excluding carboxylic acids is 1. The Hall–Kier alpha value is -1.58. The highest BCUT2D eigenvalue weighted by Crippen LogP contribution is 2.31. The maximum atomic E-state index is 12.0. The molecule has 0 aliphatic carbocycles. The molecule has 2 aliphatic rings. The predicted molar refractivity (Wildman–Crippen MR) is 61.3 cm³/mol. The molecule has 84 valence electrons. The number of aromatic nitrogens is 1. The Morgan fingerprint density at radius 1 is 1.44 bits per heavy atom. The zero-order valence-corrected chi connectivity index (χ0v) is 9.39. The van der Waals surface area contributed by atoms with Gasteiger partial charge in [0.25, 0.3) is 0 Å². The monoisotopic (exact) mass is 217 g/mol. The molecule has 0 bridgehead atoms. The SMILES string of the molecule is CN1CCC(N2CCc3cnccc32)C1=O. The summed E-state index contributed by atoms with van der Waals surface area (Å²) in [6.07, 6.45) is 5.67. The van der Waals surface area contributed by atoms with Crippen molar-refractivity contribution in [1.29, 1.82) is 0 Å². The van der Waals surface area contributed by atoms with Gasteiger partial charge in [-0.05, 0) is 24.5 Å². The number of fused-ring (bicyclic) bond motifs is 1. The lowest BCUT2D eigenvalue weighted by Gasteiger charge is -2.25. The molecule has 1 unspecified atom stereocenters. The number of likely N-dealkylation sites (tertiary alicyclic amines) is 1. The van der Waals surface area contributed by atoms with E-state index in [1.54, 1.807) is 6.20 Å². The molecule has 3 heterocycles. The summed E-state index contributed by atoms with van der Waals surface area (Å²) in [6.45, 7) is 1.83. The van der Waals surface area contributed by atoms with Crippen LogP contribution in [0.2, 0.25) is 0 Å². The van der Waals surface area contributed by atoms with Crippen LogP contribution in [0, 0.1) is 0 Å². The molecule has 0 radical (unpaired) electrons. The van der Waals surface area contributed by atoms with Gasteiger partial charge < -0.3 is 9.80 Å². The number of anilines is 1. The zero-order chi connectivity index (χ0) is 11.1. The number of nitrogens with zero attached hydrogens (tertiary/aromatic N) is 3. The molecular weight excluding hydrogens is 202 g/mol. The van der Waals surface area contributed by atoms with Crippen LogP contribution < -0.4 is 4.90 Å². The van der Waals surface area contributed by atoms with E-state index in [9.17, 15) is 4.79 Å². The summed E-state index contributed by atoms with van der Waals surface area (Å²) in [4.78, 5) is 20.2. The second-order valence-electron chi connectivity index (χ2n) is 4.51. The molecule has 1 saturated heterocycles. The summed E-state index contributed by atoms with van der Waals surface area (Å²) in [7, 11) is 1.88. The van der Waals surface area contributed by atoms with Crippen LogP contribution in [0.15, 0.2) is 18.5 Å². The fourth-order valence-corrected chi connectivity index (χ4v) is 2.67. The van der Waals surface area contributed by atoms with Crippen molar-refractivity contribution in [2.24, 2.45) is 0 Å². The second kappa shape index (κ2) is 3.47. The van der Waals surface area contributed by atoms with Crippen LogP contribution in [0.25, 0.3) is 0 Å². The lowest BCUT2D eigenvalue weighted by atomic mass is 10.2. The number of carbonyl (C=O) groups is 1. The van der Waals surface area contributed by atoms with Crippen molar-refractivity contribution >= 4 is 11.6 Å². The molecular formula is C12H15N3O. The van der Waals surface area contributed by atoms with Gasteiger partial charge in [0.15, 0.2) is 0 Å². The highest BCUT2D eigenvalue weighted by molar-refractivity contribution is 5.87. The van der Waals surface area contributed by atoms with Crippen LogP contribution in [0.1, 0.15) is 12.0 Å². The van der Waals surface area contributed by atoms with Crippen molar-refractivity contribution in [3.05, 3.63) is 24.0 Å². The van der Waals surface area contributed by atoms with Gasteiger partial charge in [0.05, 0.1) is 0 Å². The highest BCUT2D eigenvalue weighted by atomic mass is 16.2. The normalized spacial score (nSPS) is 24.1. The van der Waals surface area contributed by atoms with Gasteiger partial charge >= 0.3 is 0 Å². The summed E-state index contributed by atoms with van der Waals surface area (Å²) < 4.78 is 0. The molecule has 4 nitrogen and oxygen atoms in total. The molecule has 4 heteroatoms. The Labute approximate surface area is 94.9 Å². The molecule has 2 aliphatic heterocycles. The fraction of sp³-hybridized carbons (Fsp3) is 0.500. The minimum atomic E-state index is 0.0497. The molecule has 3 rings (SSSR count). The lowest BCUT2D eigenvalue weighted by Crippen LogP contribution is -2.40. The first-order valence-corrected chi connectivity index (χ1v) is 5.72. The molecule has 1 amide bonds. The maximum absolute atomic E-state index is 12.0. The lowest BCUT2D eigenvalue weighted by molar-refractivity contribution is -0.127. The van der Waals surface area contributed by atoms with Gasteiger partial charge in [0, 0.05) is 38.2 Å². The maximum Gasteiger partial charge on any atom is 0.245 e. The zero-order valence-electron chi connectivity index (χ0n) is 9.39. The molecule has 16 heavy (non-hydrogen) atoms. The quantitative estimate of drug-likeness (QED) is 0.694. The van der Waals surface area contributed by atoms with Gasteiger partial charge in [-0.1, -0.05) is 0 Å². The molecule has 1 atom stereocenters. The van der Waals surface area contributed by atoms with Crippen LogP contribution in [0.4, 0.5) is 5.69 Å². The Balaban J connectivity index is 1.91. The summed E-state index contributed by atoms with van der Waals surface area (Å²) in [5, 5.41) is 0. The van der Waals surface area contributed by atoms with E-state index in [4.69, 9.17) is 0 Å². The topological polar surface area (TPSA) is 36.4 Å². The van der Waals surface area contributed by atoms with Gasteiger partial charge in [-0.3, -0.25) is 9.78 Å². The van der Waals surface area contributed by atoms with Crippen molar-refractivity contribution in [3.8, 4) is 0 Å². The van der Waals surface area contributed by atoms with Crippen LogP contribution in [0.5, 0.6) is 0 Å². The molecule has 0 spiro atoms. The second-order valence-corrected chi connectivity index (χ2v) is 4.51. The fourth-order valence-electron chi connectivity index (χ4n) is 2.67. The van der Waals surface area contributed by atoms with Gasteiger partial charge in [0.1, 0.15) is 6.04 Å². The summed E-state index contributed by atoms with van der Waals surface area (Å²) in [5.74, 6) is 0.254. The Morgan fingerprint density at radius 3 is 3.06 bits per heavy atom. The summed E-state index contributed by atoms with van der Waals surface area (Å²) in [6, 6.07) is 2.07. The number of likely N-dealkylation sites (N-methyl/N-ethyl adjacent to an activating group) is 1. The Kier molecular flexibility index (Phi) is 2.09. The molecule has 1 fully saturated rings. The summed E-state index contributed by atoms with van der Waals surface area (Å²) in [5.41, 5.74) is 2.47. The highest BCUT2D eigenvalue weighted by Gasteiger charge is 2.36. The third-order valence-electron chi connectivity index (χ3n) is 3.58. The first kappa shape index (κ1) is 9.63. The number of rotatable bonds is 1. The van der Waals surface area contributed by atoms with Crippen LogP contribution in [-0.2, 0) is 11.2 Å². The minimum absolute atomic E-state index is 0.0497. The number of hydrogen-bond acceptors (Lipinski definition) is 3. The van der Waals surface area contributed by atoms with Crippen LogP contribution in [-0.4, -0.2) is 42.0 Å². The van der Waals surface area contributed by atoms with Crippen LogP contribution >= 0.6 is 0 Å². The molecule has 0 aromatic carbocycles. The van der Waals surface area contributed by atoms with Crippen molar-refractivity contribution in [3.63, 3.8) is 0 Å². The van der Waals surface area contributed by atoms with E-state index in [1.165, 1.54) is 11.3 Å². The Bertz CT molecular complexity index is 432. The average Bonchev–Trinajstić information content (AvgIpc) is 2.85. The van der Waals surface area contributed by atoms with Gasteiger partial charge in [-0.25, -0.2) is 0 Å². The number of hydrogen-bond donors (Lipinski definition) is 0. The van der Waals surface area contributed by atoms with E-state index in [0.717, 1.165) is 25.9 Å². The number of pyridine rings is 1. The first-order chi connectivity index (χ1) is 7.77. The predicted octanol–water partition coefficient (Wildman–Crippen LogP) is 0.675. The van der Waals surface area contributed by atoms with Crippen molar-refractivity contribution in [1.82, 2.24) is 9.88 Å². The molecule has 0 N–H and O–H groups in total. The first-order valence-electron chi connectivity index (χ1n) is 5.72.